The predicted molar refractivity (Wildman–Crippen MR) is 107 cm³/mol. The van der Waals surface area contributed by atoms with E-state index in [2.05, 4.69) is 0 Å². The highest BCUT2D eigenvalue weighted by Crippen LogP contribution is 2.48. The molecule has 0 saturated carbocycles. The fourth-order valence-corrected chi connectivity index (χ4v) is 3.94. The summed E-state index contributed by atoms with van der Waals surface area (Å²) in [7, 11) is 0. The number of hydrazone groups is 1. The quantitative estimate of drug-likeness (QED) is 0.580. The summed E-state index contributed by atoms with van der Waals surface area (Å²) >= 11 is 6.26. The number of benzene rings is 2. The van der Waals surface area contributed by atoms with Crippen molar-refractivity contribution >= 4 is 17.3 Å². The van der Waals surface area contributed by atoms with Crippen molar-refractivity contribution in [2.75, 3.05) is 6.61 Å². The summed E-state index contributed by atoms with van der Waals surface area (Å²) < 4.78 is 17.4. The highest BCUT2D eigenvalue weighted by atomic mass is 35.5. The fourth-order valence-electron chi connectivity index (χ4n) is 3.76. The topological polar surface area (TPSA) is 47.2 Å². The van der Waals surface area contributed by atoms with Gasteiger partial charge in [-0.25, -0.2) is 5.01 Å². The molecule has 0 bridgehead atoms. The van der Waals surface area contributed by atoms with Crippen LogP contribution in [-0.4, -0.2) is 17.3 Å². The summed E-state index contributed by atoms with van der Waals surface area (Å²) in [6.45, 7) is 2.63. The van der Waals surface area contributed by atoms with Gasteiger partial charge in [0, 0.05) is 17.0 Å². The maximum atomic E-state index is 6.26. The molecular formula is C22H19ClN2O3. The van der Waals surface area contributed by atoms with E-state index in [0.717, 1.165) is 40.5 Å². The van der Waals surface area contributed by atoms with Gasteiger partial charge in [0.25, 0.3) is 0 Å². The van der Waals surface area contributed by atoms with Crippen LogP contribution in [0.1, 0.15) is 42.5 Å². The van der Waals surface area contributed by atoms with E-state index in [1.54, 1.807) is 6.26 Å². The molecular weight excluding hydrogens is 376 g/mol. The largest absolute Gasteiger partial charge is 0.494 e. The van der Waals surface area contributed by atoms with Crippen molar-refractivity contribution in [2.24, 2.45) is 5.10 Å². The van der Waals surface area contributed by atoms with Crippen molar-refractivity contribution < 1.29 is 13.9 Å². The second-order valence-electron chi connectivity index (χ2n) is 6.77. The van der Waals surface area contributed by atoms with Gasteiger partial charge in [-0.1, -0.05) is 11.6 Å². The molecule has 0 amide bonds. The molecule has 2 aromatic carbocycles. The van der Waals surface area contributed by atoms with Crippen LogP contribution in [0.3, 0.4) is 0 Å². The molecule has 0 aliphatic carbocycles. The van der Waals surface area contributed by atoms with Gasteiger partial charge in [-0.15, -0.1) is 0 Å². The molecule has 0 radical (unpaired) electrons. The van der Waals surface area contributed by atoms with Gasteiger partial charge in [0.1, 0.15) is 11.5 Å². The molecule has 0 unspecified atom stereocenters. The first kappa shape index (κ1) is 17.2. The van der Waals surface area contributed by atoms with Crippen molar-refractivity contribution in [1.29, 1.82) is 0 Å². The van der Waals surface area contributed by atoms with E-state index in [1.165, 1.54) is 0 Å². The minimum Gasteiger partial charge on any atom is -0.494 e. The zero-order valence-electron chi connectivity index (χ0n) is 15.3. The predicted octanol–water partition coefficient (Wildman–Crippen LogP) is 5.57. The van der Waals surface area contributed by atoms with Crippen LogP contribution >= 0.6 is 11.6 Å². The highest BCUT2D eigenvalue weighted by Gasteiger charge is 2.42. The maximum absolute atomic E-state index is 6.26. The SMILES string of the molecule is CCOc1ccc(C2=NN3[C@H](C2)c2cc(Cl)ccc2O[C@H]3c2ccco2)cc1. The first-order valence-electron chi connectivity index (χ1n) is 9.31. The van der Waals surface area contributed by atoms with E-state index in [0.29, 0.717) is 11.6 Å². The number of hydrogen-bond acceptors (Lipinski definition) is 5. The van der Waals surface area contributed by atoms with Crippen LogP contribution in [0.15, 0.2) is 70.4 Å². The second-order valence-corrected chi connectivity index (χ2v) is 7.21. The summed E-state index contributed by atoms with van der Waals surface area (Å²) in [5.41, 5.74) is 3.11. The van der Waals surface area contributed by atoms with E-state index in [1.807, 2.05) is 66.5 Å². The molecule has 2 aliphatic heterocycles. The van der Waals surface area contributed by atoms with E-state index in [9.17, 15) is 0 Å². The Morgan fingerprint density at radius 3 is 2.79 bits per heavy atom. The summed E-state index contributed by atoms with van der Waals surface area (Å²) in [5.74, 6) is 2.40. The van der Waals surface area contributed by atoms with E-state index >= 15 is 0 Å². The lowest BCUT2D eigenvalue weighted by Crippen LogP contribution is -2.33. The third kappa shape index (κ3) is 2.92. The van der Waals surface area contributed by atoms with Crippen LogP contribution in [0.5, 0.6) is 11.5 Å². The minimum absolute atomic E-state index is 0.0409. The van der Waals surface area contributed by atoms with Crippen molar-refractivity contribution in [3.63, 3.8) is 0 Å². The molecule has 3 heterocycles. The molecule has 0 spiro atoms. The van der Waals surface area contributed by atoms with Crippen LogP contribution in [0.4, 0.5) is 0 Å². The number of fused-ring (bicyclic) bond motifs is 3. The molecule has 0 saturated heterocycles. The smallest absolute Gasteiger partial charge is 0.246 e. The molecule has 0 fully saturated rings. The van der Waals surface area contributed by atoms with Gasteiger partial charge in [-0.05, 0) is 67.1 Å². The van der Waals surface area contributed by atoms with Gasteiger partial charge < -0.3 is 13.9 Å². The summed E-state index contributed by atoms with van der Waals surface area (Å²) in [4.78, 5) is 0. The monoisotopic (exact) mass is 394 g/mol. The first-order chi connectivity index (χ1) is 13.7. The lowest BCUT2D eigenvalue weighted by atomic mass is 9.96. The minimum atomic E-state index is -0.408. The first-order valence-corrected chi connectivity index (χ1v) is 9.69. The third-order valence-corrected chi connectivity index (χ3v) is 5.27. The molecule has 1 aromatic heterocycles. The third-order valence-electron chi connectivity index (χ3n) is 5.04. The van der Waals surface area contributed by atoms with Gasteiger partial charge in [-0.2, -0.15) is 5.10 Å². The van der Waals surface area contributed by atoms with Crippen LogP contribution in [0.25, 0.3) is 0 Å². The molecule has 5 rings (SSSR count). The molecule has 2 atom stereocenters. The van der Waals surface area contributed by atoms with E-state index in [4.69, 9.17) is 30.6 Å². The highest BCUT2D eigenvalue weighted by molar-refractivity contribution is 6.30. The Balaban J connectivity index is 1.53. The molecule has 142 valence electrons. The number of furan rings is 1. The Hall–Kier alpha value is -2.92. The van der Waals surface area contributed by atoms with Gasteiger partial charge in [-0.3, -0.25) is 0 Å². The fraction of sp³-hybridized carbons (Fsp3) is 0.227. The lowest BCUT2D eigenvalue weighted by molar-refractivity contribution is -0.0325. The number of rotatable bonds is 4. The molecule has 6 heteroatoms. The molecule has 2 aliphatic rings. The Bertz CT molecular complexity index is 1010. The molecule has 5 nitrogen and oxygen atoms in total. The van der Waals surface area contributed by atoms with Crippen LogP contribution in [-0.2, 0) is 0 Å². The average molecular weight is 395 g/mol. The standard InChI is InChI=1S/C22H19ClN2O3/c1-2-26-16-8-5-14(6-9-16)18-13-19-17-12-15(23)7-10-20(17)28-22(25(19)24-18)21-4-3-11-27-21/h3-12,19,22H,2,13H2,1H3/t19-,22+/m1/s1. The molecule has 28 heavy (non-hydrogen) atoms. The van der Waals surface area contributed by atoms with Crippen LogP contribution in [0.2, 0.25) is 5.02 Å². The number of nitrogens with zero attached hydrogens (tertiary/aromatic N) is 2. The summed E-state index contributed by atoms with van der Waals surface area (Å²) in [6.07, 6.45) is 2.01. The van der Waals surface area contributed by atoms with Gasteiger partial charge in [0.2, 0.25) is 6.23 Å². The van der Waals surface area contributed by atoms with Crippen LogP contribution < -0.4 is 9.47 Å². The van der Waals surface area contributed by atoms with Gasteiger partial charge >= 0.3 is 0 Å². The Morgan fingerprint density at radius 2 is 2.04 bits per heavy atom. The molecule has 0 N–H and O–H groups in total. The summed E-state index contributed by atoms with van der Waals surface area (Å²) in [6, 6.07) is 17.6. The zero-order valence-corrected chi connectivity index (χ0v) is 16.1. The number of halogens is 1. The normalized spacial score (nSPS) is 20.2. The van der Waals surface area contributed by atoms with Gasteiger partial charge in [0.05, 0.1) is 24.6 Å². The zero-order chi connectivity index (χ0) is 19.1. The number of ether oxygens (including phenoxy) is 2. The Kier molecular flexibility index (Phi) is 4.24. The number of hydrogen-bond donors (Lipinski definition) is 0. The van der Waals surface area contributed by atoms with Gasteiger partial charge in [0.15, 0.2) is 5.76 Å². The molecule has 3 aromatic rings. The Labute approximate surface area is 168 Å². The van der Waals surface area contributed by atoms with Crippen LogP contribution in [0, 0.1) is 0 Å². The van der Waals surface area contributed by atoms with Crippen molar-refractivity contribution in [2.45, 2.75) is 25.6 Å². The lowest BCUT2D eigenvalue weighted by Gasteiger charge is -2.36. The van der Waals surface area contributed by atoms with E-state index in [-0.39, 0.29) is 6.04 Å². The van der Waals surface area contributed by atoms with Crippen molar-refractivity contribution in [3.8, 4) is 11.5 Å². The summed E-state index contributed by atoms with van der Waals surface area (Å²) in [5, 5.41) is 7.57. The van der Waals surface area contributed by atoms with Crippen molar-refractivity contribution in [3.05, 3.63) is 82.8 Å². The Morgan fingerprint density at radius 1 is 1.18 bits per heavy atom. The van der Waals surface area contributed by atoms with Crippen molar-refractivity contribution in [1.82, 2.24) is 5.01 Å². The second kappa shape index (κ2) is 6.91. The average Bonchev–Trinajstić information content (AvgIpc) is 3.39. The van der Waals surface area contributed by atoms with E-state index < -0.39 is 6.23 Å². The maximum Gasteiger partial charge on any atom is 0.246 e.